The monoisotopic (exact) mass is 266 g/mol. The normalized spacial score (nSPS) is 20.4. The molecule has 0 spiro atoms. The molecule has 1 aromatic rings. The van der Waals surface area contributed by atoms with Crippen LogP contribution in [0.15, 0.2) is 12.3 Å². The first-order valence-electron chi connectivity index (χ1n) is 6.73. The zero-order chi connectivity index (χ0) is 13.7. The van der Waals surface area contributed by atoms with Crippen molar-refractivity contribution in [1.29, 1.82) is 0 Å². The Morgan fingerprint density at radius 1 is 1.74 bits per heavy atom. The lowest BCUT2D eigenvalue weighted by atomic mass is 10.1. The average Bonchev–Trinajstić information content (AvgIpc) is 2.98. The number of hydrogen-bond acceptors (Lipinski definition) is 4. The van der Waals surface area contributed by atoms with E-state index in [1.165, 1.54) is 0 Å². The van der Waals surface area contributed by atoms with E-state index >= 15 is 0 Å². The van der Waals surface area contributed by atoms with Crippen molar-refractivity contribution in [1.82, 2.24) is 15.1 Å². The number of rotatable bonds is 6. The van der Waals surface area contributed by atoms with Crippen LogP contribution in [0.4, 0.5) is 5.82 Å². The van der Waals surface area contributed by atoms with Gasteiger partial charge in [-0.05, 0) is 18.9 Å². The summed E-state index contributed by atoms with van der Waals surface area (Å²) in [6, 6.07) is 2.25. The lowest BCUT2D eigenvalue weighted by molar-refractivity contribution is -0.117. The number of nitrogens with zero attached hydrogens (tertiary/aromatic N) is 2. The minimum atomic E-state index is -0.0145. The lowest BCUT2D eigenvalue weighted by Gasteiger charge is -2.10. The third-order valence-electron chi connectivity index (χ3n) is 3.27. The van der Waals surface area contributed by atoms with E-state index in [0.29, 0.717) is 24.9 Å². The molecule has 1 amide bonds. The number of hydrogen-bond donors (Lipinski definition) is 2. The first-order chi connectivity index (χ1) is 9.19. The van der Waals surface area contributed by atoms with Crippen LogP contribution in [0.1, 0.15) is 25.8 Å². The third-order valence-corrected chi connectivity index (χ3v) is 3.27. The van der Waals surface area contributed by atoms with E-state index in [9.17, 15) is 4.79 Å². The van der Waals surface area contributed by atoms with Crippen molar-refractivity contribution in [3.63, 3.8) is 0 Å². The number of nitrogens with one attached hydrogen (secondary N) is 2. The van der Waals surface area contributed by atoms with Crippen molar-refractivity contribution >= 4 is 11.7 Å². The van der Waals surface area contributed by atoms with Gasteiger partial charge in [0.1, 0.15) is 0 Å². The molecule has 0 aliphatic carbocycles. The summed E-state index contributed by atoms with van der Waals surface area (Å²) >= 11 is 0. The summed E-state index contributed by atoms with van der Waals surface area (Å²) in [5, 5.41) is 10.5. The fraction of sp³-hybridized carbons (Fsp3) is 0.692. The van der Waals surface area contributed by atoms with Crippen LogP contribution in [-0.2, 0) is 9.53 Å². The first kappa shape index (κ1) is 14.0. The molecule has 0 aromatic carbocycles. The Labute approximate surface area is 113 Å². The highest BCUT2D eigenvalue weighted by atomic mass is 16.5. The zero-order valence-electron chi connectivity index (χ0n) is 11.6. The summed E-state index contributed by atoms with van der Waals surface area (Å²) in [4.78, 5) is 11.8. The van der Waals surface area contributed by atoms with Crippen LogP contribution < -0.4 is 10.6 Å². The molecule has 0 bridgehead atoms. The fourth-order valence-electron chi connectivity index (χ4n) is 2.33. The summed E-state index contributed by atoms with van der Waals surface area (Å²) < 4.78 is 6.94. The van der Waals surface area contributed by atoms with Gasteiger partial charge in [-0.2, -0.15) is 5.10 Å². The molecule has 0 radical (unpaired) electrons. The molecule has 0 unspecified atom stereocenters. The maximum absolute atomic E-state index is 11.8. The number of amides is 1. The maximum Gasteiger partial charge on any atom is 0.225 e. The summed E-state index contributed by atoms with van der Waals surface area (Å²) in [5.74, 6) is 0.826. The molecule has 1 aliphatic rings. The van der Waals surface area contributed by atoms with Crippen molar-refractivity contribution in [3.8, 4) is 0 Å². The summed E-state index contributed by atoms with van der Waals surface area (Å²) in [5.41, 5.74) is 0. The van der Waals surface area contributed by atoms with Crippen LogP contribution in [0, 0.1) is 5.92 Å². The van der Waals surface area contributed by atoms with Crippen molar-refractivity contribution in [2.45, 2.75) is 25.8 Å². The molecule has 2 atom stereocenters. The molecule has 0 saturated carbocycles. The molecule has 19 heavy (non-hydrogen) atoms. The molecule has 6 heteroatoms. The van der Waals surface area contributed by atoms with Crippen molar-refractivity contribution in [2.75, 3.05) is 32.1 Å². The summed E-state index contributed by atoms with van der Waals surface area (Å²) in [7, 11) is 1.64. The van der Waals surface area contributed by atoms with E-state index in [0.717, 1.165) is 19.5 Å². The van der Waals surface area contributed by atoms with Gasteiger partial charge in [-0.3, -0.25) is 9.48 Å². The van der Waals surface area contributed by atoms with Crippen LogP contribution in [0.2, 0.25) is 0 Å². The highest BCUT2D eigenvalue weighted by Crippen LogP contribution is 2.16. The Balaban J connectivity index is 1.83. The molecule has 1 saturated heterocycles. The fourth-order valence-corrected chi connectivity index (χ4v) is 2.33. The number of anilines is 1. The maximum atomic E-state index is 11.8. The van der Waals surface area contributed by atoms with Gasteiger partial charge in [0.2, 0.25) is 5.91 Å². The molecule has 1 aliphatic heterocycles. The Morgan fingerprint density at radius 2 is 2.58 bits per heavy atom. The largest absolute Gasteiger partial charge is 0.384 e. The van der Waals surface area contributed by atoms with E-state index in [4.69, 9.17) is 4.74 Å². The lowest BCUT2D eigenvalue weighted by Crippen LogP contribution is -2.18. The molecule has 2 heterocycles. The van der Waals surface area contributed by atoms with E-state index in [1.807, 2.05) is 23.9 Å². The summed E-state index contributed by atoms with van der Waals surface area (Å²) in [6.07, 6.45) is 3.46. The Morgan fingerprint density at radius 3 is 3.26 bits per heavy atom. The highest BCUT2D eigenvalue weighted by molar-refractivity contribution is 5.89. The van der Waals surface area contributed by atoms with Crippen LogP contribution in [0.25, 0.3) is 0 Å². The third kappa shape index (κ3) is 4.04. The van der Waals surface area contributed by atoms with Gasteiger partial charge in [-0.1, -0.05) is 6.92 Å². The minimum absolute atomic E-state index is 0.0145. The number of aromatic nitrogens is 2. The van der Waals surface area contributed by atoms with E-state index < -0.39 is 0 Å². The van der Waals surface area contributed by atoms with Gasteiger partial charge < -0.3 is 15.4 Å². The van der Waals surface area contributed by atoms with Gasteiger partial charge in [0, 0.05) is 38.9 Å². The van der Waals surface area contributed by atoms with Crippen LogP contribution in [-0.4, -0.2) is 42.5 Å². The Hall–Kier alpha value is -1.40. The average molecular weight is 266 g/mol. The van der Waals surface area contributed by atoms with Crippen molar-refractivity contribution in [3.05, 3.63) is 12.3 Å². The molecule has 106 valence electrons. The standard InChI is InChI=1S/C13H22N4O2/c1-10(9-19-2)7-13(18)15-12-4-6-17(16-12)11-3-5-14-8-11/h4,6,10-11,14H,3,5,7-9H2,1-2H3,(H,15,16,18)/t10-,11+/m1/s1. The van der Waals surface area contributed by atoms with Crippen LogP contribution in [0.5, 0.6) is 0 Å². The van der Waals surface area contributed by atoms with Gasteiger partial charge in [-0.15, -0.1) is 0 Å². The molecular formula is C13H22N4O2. The van der Waals surface area contributed by atoms with E-state index in [2.05, 4.69) is 15.7 Å². The number of carbonyl (C=O) groups excluding carboxylic acids is 1. The van der Waals surface area contributed by atoms with Gasteiger partial charge in [0.25, 0.3) is 0 Å². The topological polar surface area (TPSA) is 68.2 Å². The smallest absolute Gasteiger partial charge is 0.225 e. The second-order valence-corrected chi connectivity index (χ2v) is 5.14. The van der Waals surface area contributed by atoms with Gasteiger partial charge in [0.05, 0.1) is 6.04 Å². The predicted octanol–water partition coefficient (Wildman–Crippen LogP) is 1.03. The van der Waals surface area contributed by atoms with Gasteiger partial charge in [0.15, 0.2) is 5.82 Å². The quantitative estimate of drug-likeness (QED) is 0.807. The second-order valence-electron chi connectivity index (χ2n) is 5.14. The van der Waals surface area contributed by atoms with Gasteiger partial charge in [-0.25, -0.2) is 0 Å². The van der Waals surface area contributed by atoms with Gasteiger partial charge >= 0.3 is 0 Å². The number of carbonyl (C=O) groups is 1. The summed E-state index contributed by atoms with van der Waals surface area (Å²) in [6.45, 7) is 4.56. The zero-order valence-corrected chi connectivity index (χ0v) is 11.6. The van der Waals surface area contributed by atoms with Crippen LogP contribution in [0.3, 0.4) is 0 Å². The number of ether oxygens (including phenoxy) is 1. The molecule has 2 rings (SSSR count). The molecule has 1 fully saturated rings. The molecule has 6 nitrogen and oxygen atoms in total. The van der Waals surface area contributed by atoms with Crippen LogP contribution >= 0.6 is 0 Å². The van der Waals surface area contributed by atoms with E-state index in [1.54, 1.807) is 7.11 Å². The molecule has 2 N–H and O–H groups in total. The van der Waals surface area contributed by atoms with Crippen molar-refractivity contribution < 1.29 is 9.53 Å². The Kier molecular flexibility index (Phi) is 4.93. The predicted molar refractivity (Wildman–Crippen MR) is 73.0 cm³/mol. The van der Waals surface area contributed by atoms with Crippen molar-refractivity contribution in [2.24, 2.45) is 5.92 Å². The minimum Gasteiger partial charge on any atom is -0.384 e. The number of methoxy groups -OCH3 is 1. The van der Waals surface area contributed by atoms with E-state index in [-0.39, 0.29) is 11.8 Å². The first-order valence-corrected chi connectivity index (χ1v) is 6.73. The Bertz CT molecular complexity index is 413. The SMILES string of the molecule is COC[C@H](C)CC(=O)Nc1ccn([C@H]2CCNC2)n1. The second kappa shape index (κ2) is 6.68. The molecular weight excluding hydrogens is 244 g/mol. The highest BCUT2D eigenvalue weighted by Gasteiger charge is 2.17. The molecule has 1 aromatic heterocycles.